The maximum Gasteiger partial charge on any atom is 0.0614 e. The van der Waals surface area contributed by atoms with Crippen LogP contribution < -0.4 is 0 Å². The van der Waals surface area contributed by atoms with Crippen molar-refractivity contribution in [3.05, 3.63) is 0 Å². The lowest BCUT2D eigenvalue weighted by molar-refractivity contribution is -0.173. The third-order valence-corrected chi connectivity index (χ3v) is 10.2. The Bertz CT molecular complexity index is 504. The van der Waals surface area contributed by atoms with Gasteiger partial charge in [-0.3, -0.25) is 0 Å². The fraction of sp³-hybridized carbons (Fsp3) is 1.00. The van der Waals surface area contributed by atoms with E-state index in [9.17, 15) is 5.11 Å². The summed E-state index contributed by atoms with van der Waals surface area (Å²) in [5.41, 5.74) is 0.784. The zero-order valence-electron chi connectivity index (χ0n) is 17.3. The highest BCUT2D eigenvalue weighted by atomic mass is 16.3. The van der Waals surface area contributed by atoms with E-state index in [0.29, 0.717) is 11.5 Å². The molecule has 0 aliphatic heterocycles. The van der Waals surface area contributed by atoms with E-state index >= 15 is 0 Å². The average Bonchev–Trinajstić information content (AvgIpc) is 2.92. The minimum Gasteiger partial charge on any atom is -0.392 e. The summed E-state index contributed by atoms with van der Waals surface area (Å²) in [4.78, 5) is 2.36. The summed E-state index contributed by atoms with van der Waals surface area (Å²) in [5, 5.41) is 11.3. The van der Waals surface area contributed by atoms with Crippen LogP contribution in [0.1, 0.15) is 78.6 Å². The van der Waals surface area contributed by atoms with Crippen LogP contribution in [0.25, 0.3) is 0 Å². The summed E-state index contributed by atoms with van der Waals surface area (Å²) in [6.45, 7) is 7.53. The molecule has 0 radical (unpaired) electrons. The Kier molecular flexibility index (Phi) is 4.56. The molecule has 1 N–H and O–H groups in total. The predicted molar refractivity (Wildman–Crippen MR) is 104 cm³/mol. The first-order valence-corrected chi connectivity index (χ1v) is 11.2. The van der Waals surface area contributed by atoms with Gasteiger partial charge in [-0.15, -0.1) is 0 Å². The van der Waals surface area contributed by atoms with E-state index in [0.717, 1.165) is 36.0 Å². The van der Waals surface area contributed by atoms with Crippen LogP contribution in [0.15, 0.2) is 0 Å². The number of hydrogen-bond donors (Lipinski definition) is 1. The molecule has 0 amide bonds. The highest BCUT2D eigenvalue weighted by Gasteiger charge is 2.62. The average molecular weight is 348 g/mol. The molecule has 2 nitrogen and oxygen atoms in total. The minimum atomic E-state index is -0.0980. The fourth-order valence-electron chi connectivity index (χ4n) is 8.50. The van der Waals surface area contributed by atoms with Crippen LogP contribution in [-0.4, -0.2) is 36.2 Å². The van der Waals surface area contributed by atoms with Crippen molar-refractivity contribution in [1.82, 2.24) is 4.90 Å². The summed E-state index contributed by atoms with van der Waals surface area (Å²) in [7, 11) is 4.39. The van der Waals surface area contributed by atoms with Crippen LogP contribution in [0.4, 0.5) is 0 Å². The molecule has 0 spiro atoms. The predicted octanol–water partition coefficient (Wildman–Crippen LogP) is 4.96. The zero-order chi connectivity index (χ0) is 18.0. The van der Waals surface area contributed by atoms with Crippen molar-refractivity contribution >= 4 is 0 Å². The van der Waals surface area contributed by atoms with Crippen LogP contribution in [-0.2, 0) is 0 Å². The minimum absolute atomic E-state index is 0.0980. The number of aliphatic hydroxyl groups excluding tert-OH is 1. The van der Waals surface area contributed by atoms with E-state index in [4.69, 9.17) is 0 Å². The lowest BCUT2D eigenvalue weighted by Crippen LogP contribution is -2.60. The van der Waals surface area contributed by atoms with E-state index in [1.54, 1.807) is 0 Å². The van der Waals surface area contributed by atoms with Crippen molar-refractivity contribution in [3.8, 4) is 0 Å². The number of aliphatic hydroxyl groups is 1. The van der Waals surface area contributed by atoms with Gasteiger partial charge in [-0.2, -0.15) is 0 Å². The van der Waals surface area contributed by atoms with Gasteiger partial charge < -0.3 is 10.0 Å². The van der Waals surface area contributed by atoms with Gasteiger partial charge in [0.25, 0.3) is 0 Å². The molecule has 4 rings (SSSR count). The van der Waals surface area contributed by atoms with E-state index in [2.05, 4.69) is 39.8 Å². The van der Waals surface area contributed by atoms with Crippen LogP contribution in [0.3, 0.4) is 0 Å². The van der Waals surface area contributed by atoms with Crippen molar-refractivity contribution in [2.45, 2.75) is 90.7 Å². The van der Waals surface area contributed by atoms with Gasteiger partial charge in [-0.1, -0.05) is 27.2 Å². The molecular formula is C23H41NO. The third-order valence-electron chi connectivity index (χ3n) is 10.2. The van der Waals surface area contributed by atoms with Crippen molar-refractivity contribution in [3.63, 3.8) is 0 Å². The summed E-state index contributed by atoms with van der Waals surface area (Å²) in [6, 6.07) is 0.578. The molecule has 9 atom stereocenters. The molecule has 0 heterocycles. The standard InChI is InChI=1S/C23H41NO/c1-6-15-8-10-19-18-9-7-16-13-17(24(4)5)14-21(25)23(16,3)20(18)11-12-22(15,19)2/h15-21,25H,6-14H2,1-5H3/t15-,16-,17-,18-,19-,20-,21-,22+,23-/m0/s1. The second-order valence-electron chi connectivity index (χ2n) is 10.8. The maximum atomic E-state index is 11.3. The van der Waals surface area contributed by atoms with Gasteiger partial charge in [-0.05, 0) is 106 Å². The van der Waals surface area contributed by atoms with Crippen molar-refractivity contribution in [1.29, 1.82) is 0 Å². The summed E-state index contributed by atoms with van der Waals surface area (Å²) in [5.74, 6) is 4.30. The Hall–Kier alpha value is -0.0800. The van der Waals surface area contributed by atoms with Crippen LogP contribution in [0.2, 0.25) is 0 Å². The topological polar surface area (TPSA) is 23.5 Å². The Morgan fingerprint density at radius 1 is 0.960 bits per heavy atom. The molecule has 4 aliphatic carbocycles. The molecule has 144 valence electrons. The Balaban J connectivity index is 1.60. The summed E-state index contributed by atoms with van der Waals surface area (Å²) in [6.07, 6.45) is 12.1. The van der Waals surface area contributed by atoms with Crippen LogP contribution in [0, 0.1) is 40.4 Å². The number of nitrogens with zero attached hydrogens (tertiary/aromatic N) is 1. The monoisotopic (exact) mass is 347 g/mol. The molecule has 4 aliphatic rings. The molecule has 0 bridgehead atoms. The number of fused-ring (bicyclic) bond motifs is 5. The number of rotatable bonds is 2. The number of hydrogen-bond acceptors (Lipinski definition) is 2. The van der Waals surface area contributed by atoms with E-state index in [-0.39, 0.29) is 11.5 Å². The van der Waals surface area contributed by atoms with Crippen molar-refractivity contribution in [2.75, 3.05) is 14.1 Å². The zero-order valence-corrected chi connectivity index (χ0v) is 17.3. The van der Waals surface area contributed by atoms with Gasteiger partial charge >= 0.3 is 0 Å². The molecular weight excluding hydrogens is 306 g/mol. The van der Waals surface area contributed by atoms with Gasteiger partial charge in [0.1, 0.15) is 0 Å². The highest BCUT2D eigenvalue weighted by Crippen LogP contribution is 2.67. The second-order valence-corrected chi connectivity index (χ2v) is 10.8. The lowest BCUT2D eigenvalue weighted by atomic mass is 9.44. The smallest absolute Gasteiger partial charge is 0.0614 e. The molecule has 0 unspecified atom stereocenters. The lowest BCUT2D eigenvalue weighted by Gasteiger charge is -2.63. The Labute approximate surface area is 155 Å². The molecule has 0 saturated heterocycles. The first-order valence-electron chi connectivity index (χ1n) is 11.2. The van der Waals surface area contributed by atoms with Gasteiger partial charge in [0, 0.05) is 6.04 Å². The Morgan fingerprint density at radius 2 is 1.72 bits per heavy atom. The highest BCUT2D eigenvalue weighted by molar-refractivity contribution is 5.11. The van der Waals surface area contributed by atoms with Gasteiger partial charge in [0.15, 0.2) is 0 Å². The van der Waals surface area contributed by atoms with Crippen molar-refractivity contribution < 1.29 is 5.11 Å². The fourth-order valence-corrected chi connectivity index (χ4v) is 8.50. The SMILES string of the molecule is CC[C@H]1CC[C@H]2[C@@H]3CC[C@H]4C[C@H](N(C)C)C[C@H](O)[C@]4(C)[C@H]3CC[C@]12C. The normalized spacial score (nSPS) is 55.6. The van der Waals surface area contributed by atoms with Crippen LogP contribution >= 0.6 is 0 Å². The maximum absolute atomic E-state index is 11.3. The first-order chi connectivity index (χ1) is 11.8. The largest absolute Gasteiger partial charge is 0.392 e. The molecule has 0 aromatic rings. The molecule has 0 aromatic heterocycles. The van der Waals surface area contributed by atoms with Crippen molar-refractivity contribution in [2.24, 2.45) is 40.4 Å². The molecule has 4 fully saturated rings. The van der Waals surface area contributed by atoms with E-state index in [1.165, 1.54) is 51.4 Å². The third kappa shape index (κ3) is 2.49. The molecule has 0 aromatic carbocycles. The van der Waals surface area contributed by atoms with Gasteiger partial charge in [0.05, 0.1) is 6.10 Å². The summed E-state index contributed by atoms with van der Waals surface area (Å²) < 4.78 is 0. The molecule has 25 heavy (non-hydrogen) atoms. The second kappa shape index (κ2) is 6.23. The van der Waals surface area contributed by atoms with Gasteiger partial charge in [0.2, 0.25) is 0 Å². The quantitative estimate of drug-likeness (QED) is 0.763. The molecule has 2 heteroatoms. The summed E-state index contributed by atoms with van der Waals surface area (Å²) >= 11 is 0. The van der Waals surface area contributed by atoms with Gasteiger partial charge in [-0.25, -0.2) is 0 Å². The van der Waals surface area contributed by atoms with E-state index in [1.807, 2.05) is 0 Å². The Morgan fingerprint density at radius 3 is 2.40 bits per heavy atom. The first kappa shape index (κ1) is 18.3. The van der Waals surface area contributed by atoms with Crippen LogP contribution in [0.5, 0.6) is 0 Å². The molecule has 4 saturated carbocycles. The van der Waals surface area contributed by atoms with E-state index < -0.39 is 0 Å².